The molecule has 0 fully saturated rings. The third-order valence-electron chi connectivity index (χ3n) is 1.77. The highest BCUT2D eigenvalue weighted by Crippen LogP contribution is 2.11. The van der Waals surface area contributed by atoms with Crippen LogP contribution in [0.3, 0.4) is 0 Å². The van der Waals surface area contributed by atoms with Gasteiger partial charge in [0, 0.05) is 12.8 Å². The lowest BCUT2D eigenvalue weighted by atomic mass is 10.1. The number of carbonyl (C=O) groups is 2. The average Bonchev–Trinajstić information content (AvgIpc) is 2.18. The van der Waals surface area contributed by atoms with Gasteiger partial charge in [-0.15, -0.1) is 0 Å². The molecule has 0 heterocycles. The maximum absolute atomic E-state index is 10.1. The quantitative estimate of drug-likeness (QED) is 0.401. The van der Waals surface area contributed by atoms with Gasteiger partial charge in [0.25, 0.3) is 5.79 Å². The number of aliphatic hydroxyl groups is 2. The van der Waals surface area contributed by atoms with Gasteiger partial charge in [0.15, 0.2) is 0 Å². The third kappa shape index (κ3) is 10.9. The van der Waals surface area contributed by atoms with Gasteiger partial charge in [-0.05, 0) is 6.42 Å². The van der Waals surface area contributed by atoms with Gasteiger partial charge in [0.1, 0.15) is 0 Å². The minimum Gasteiger partial charge on any atom is -0.481 e. The summed E-state index contributed by atoms with van der Waals surface area (Å²) in [4.78, 5) is 19.5. The maximum atomic E-state index is 10.1. The molecule has 0 unspecified atom stereocenters. The van der Waals surface area contributed by atoms with Crippen LogP contribution in [0, 0.1) is 0 Å². The standard InChI is InChI=1S/C7H14O4.C3H6O2/c1-2-3-4-5-7(10,11)6(8)9;1-2-3(4)5/h10-11H,2-5H2,1H3,(H,8,9);2H2,1H3,(H,4,5). The van der Waals surface area contributed by atoms with Crippen molar-refractivity contribution in [2.24, 2.45) is 0 Å². The predicted molar refractivity (Wildman–Crippen MR) is 56.9 cm³/mol. The number of hydrogen-bond donors (Lipinski definition) is 4. The second kappa shape index (κ2) is 9.11. The van der Waals surface area contributed by atoms with Crippen molar-refractivity contribution < 1.29 is 30.0 Å². The fourth-order valence-corrected chi connectivity index (χ4v) is 0.728. The Bertz CT molecular complexity index is 211. The normalized spacial score (nSPS) is 10.2. The van der Waals surface area contributed by atoms with E-state index in [9.17, 15) is 9.59 Å². The largest absolute Gasteiger partial charge is 0.481 e. The van der Waals surface area contributed by atoms with Crippen LogP contribution in [0.4, 0.5) is 0 Å². The Morgan fingerprint density at radius 3 is 1.75 bits per heavy atom. The molecule has 0 spiro atoms. The minimum atomic E-state index is -2.53. The fourth-order valence-electron chi connectivity index (χ4n) is 0.728. The van der Waals surface area contributed by atoms with Crippen LogP contribution in [0.15, 0.2) is 0 Å². The molecule has 16 heavy (non-hydrogen) atoms. The Kier molecular flexibility index (Phi) is 9.83. The fraction of sp³-hybridized carbons (Fsp3) is 0.800. The summed E-state index contributed by atoms with van der Waals surface area (Å²) < 4.78 is 0. The van der Waals surface area contributed by atoms with Crippen LogP contribution in [-0.2, 0) is 9.59 Å². The molecule has 6 heteroatoms. The van der Waals surface area contributed by atoms with E-state index in [0.29, 0.717) is 6.42 Å². The van der Waals surface area contributed by atoms with Gasteiger partial charge in [-0.3, -0.25) is 4.79 Å². The number of hydrogen-bond acceptors (Lipinski definition) is 4. The molecule has 0 bridgehead atoms. The van der Waals surface area contributed by atoms with Gasteiger partial charge < -0.3 is 20.4 Å². The molecule has 0 saturated carbocycles. The Labute approximate surface area is 94.5 Å². The smallest absolute Gasteiger partial charge is 0.364 e. The van der Waals surface area contributed by atoms with Crippen LogP contribution in [-0.4, -0.2) is 38.2 Å². The molecular weight excluding hydrogens is 216 g/mol. The molecule has 0 atom stereocenters. The zero-order chi connectivity index (χ0) is 13.2. The molecule has 0 aliphatic carbocycles. The molecule has 0 aromatic carbocycles. The van der Waals surface area contributed by atoms with E-state index >= 15 is 0 Å². The Morgan fingerprint density at radius 2 is 1.50 bits per heavy atom. The highest BCUT2D eigenvalue weighted by Gasteiger charge is 2.31. The molecule has 96 valence electrons. The van der Waals surface area contributed by atoms with Gasteiger partial charge in [0.2, 0.25) is 0 Å². The van der Waals surface area contributed by atoms with E-state index in [-0.39, 0.29) is 12.8 Å². The number of carboxylic acids is 2. The molecule has 6 nitrogen and oxygen atoms in total. The third-order valence-corrected chi connectivity index (χ3v) is 1.77. The van der Waals surface area contributed by atoms with Crippen molar-refractivity contribution in [2.45, 2.75) is 51.7 Å². The van der Waals surface area contributed by atoms with Crippen molar-refractivity contribution in [3.8, 4) is 0 Å². The summed E-state index contributed by atoms with van der Waals surface area (Å²) in [7, 11) is 0. The Balaban J connectivity index is 0. The monoisotopic (exact) mass is 236 g/mol. The van der Waals surface area contributed by atoms with Crippen molar-refractivity contribution in [3.05, 3.63) is 0 Å². The summed E-state index contributed by atoms with van der Waals surface area (Å²) in [5, 5.41) is 33.5. The number of unbranched alkanes of at least 4 members (excludes halogenated alkanes) is 2. The maximum Gasteiger partial charge on any atom is 0.364 e. The summed E-state index contributed by atoms with van der Waals surface area (Å²) in [6, 6.07) is 0. The van der Waals surface area contributed by atoms with Gasteiger partial charge in [-0.2, -0.15) is 0 Å². The first-order valence-electron chi connectivity index (χ1n) is 5.17. The second-order valence-corrected chi connectivity index (χ2v) is 3.33. The molecule has 0 aliphatic rings. The van der Waals surface area contributed by atoms with Gasteiger partial charge in [0.05, 0.1) is 0 Å². The molecule has 4 N–H and O–H groups in total. The molecule has 0 radical (unpaired) electrons. The zero-order valence-corrected chi connectivity index (χ0v) is 9.64. The molecule has 0 amide bonds. The molecule has 0 saturated heterocycles. The summed E-state index contributed by atoms with van der Waals surface area (Å²) >= 11 is 0. The van der Waals surface area contributed by atoms with E-state index in [1.165, 1.54) is 0 Å². The molecule has 0 rings (SSSR count). The summed E-state index contributed by atoms with van der Waals surface area (Å²) in [6.45, 7) is 3.56. The molecule has 0 aliphatic heterocycles. The Morgan fingerprint density at radius 1 is 1.06 bits per heavy atom. The molecule has 0 aromatic rings. The van der Waals surface area contributed by atoms with Crippen molar-refractivity contribution in [3.63, 3.8) is 0 Å². The number of carboxylic acid groups (broad SMARTS) is 2. The summed E-state index contributed by atoms with van der Waals surface area (Å²) in [5.41, 5.74) is 0. The van der Waals surface area contributed by atoms with E-state index in [0.717, 1.165) is 12.8 Å². The van der Waals surface area contributed by atoms with Gasteiger partial charge >= 0.3 is 11.9 Å². The zero-order valence-electron chi connectivity index (χ0n) is 9.64. The first kappa shape index (κ1) is 17.3. The van der Waals surface area contributed by atoms with Crippen molar-refractivity contribution in [1.82, 2.24) is 0 Å². The van der Waals surface area contributed by atoms with E-state index in [4.69, 9.17) is 20.4 Å². The lowest BCUT2D eigenvalue weighted by molar-refractivity contribution is -0.205. The van der Waals surface area contributed by atoms with Crippen LogP contribution >= 0.6 is 0 Å². The first-order valence-corrected chi connectivity index (χ1v) is 5.17. The van der Waals surface area contributed by atoms with Crippen LogP contribution in [0.2, 0.25) is 0 Å². The van der Waals surface area contributed by atoms with E-state index in [1.54, 1.807) is 6.92 Å². The first-order chi connectivity index (χ1) is 7.27. The highest BCUT2D eigenvalue weighted by atomic mass is 16.5. The number of rotatable bonds is 6. The van der Waals surface area contributed by atoms with E-state index in [1.807, 2.05) is 6.92 Å². The van der Waals surface area contributed by atoms with E-state index in [2.05, 4.69) is 0 Å². The number of aliphatic carboxylic acids is 2. The summed E-state index contributed by atoms with van der Waals surface area (Å²) in [5.74, 6) is -4.85. The lowest BCUT2D eigenvalue weighted by Gasteiger charge is -2.15. The van der Waals surface area contributed by atoms with Gasteiger partial charge in [-0.25, -0.2) is 4.79 Å². The van der Waals surface area contributed by atoms with Crippen LogP contribution in [0.5, 0.6) is 0 Å². The van der Waals surface area contributed by atoms with Crippen LogP contribution in [0.1, 0.15) is 46.0 Å². The highest BCUT2D eigenvalue weighted by molar-refractivity contribution is 5.74. The summed E-state index contributed by atoms with van der Waals surface area (Å²) in [6.07, 6.45) is 2.39. The average molecular weight is 236 g/mol. The van der Waals surface area contributed by atoms with Crippen LogP contribution in [0.25, 0.3) is 0 Å². The topological polar surface area (TPSA) is 115 Å². The van der Waals surface area contributed by atoms with E-state index < -0.39 is 17.7 Å². The van der Waals surface area contributed by atoms with Crippen molar-refractivity contribution in [2.75, 3.05) is 0 Å². The van der Waals surface area contributed by atoms with Crippen LogP contribution < -0.4 is 0 Å². The minimum absolute atomic E-state index is 0.101. The second-order valence-electron chi connectivity index (χ2n) is 3.33. The lowest BCUT2D eigenvalue weighted by Crippen LogP contribution is -2.37. The SMILES string of the molecule is CCC(=O)O.CCCCCC(O)(O)C(=O)O. The van der Waals surface area contributed by atoms with Crippen molar-refractivity contribution in [1.29, 1.82) is 0 Å². The van der Waals surface area contributed by atoms with Crippen molar-refractivity contribution >= 4 is 11.9 Å². The molecule has 0 aromatic heterocycles. The Hall–Kier alpha value is -1.14. The van der Waals surface area contributed by atoms with Gasteiger partial charge in [-0.1, -0.05) is 26.7 Å². The predicted octanol–water partition coefficient (Wildman–Crippen LogP) is 0.813. The molecular formula is C10H20O6.